The Balaban J connectivity index is 2.04. The molecule has 0 spiro atoms. The van der Waals surface area contributed by atoms with Crippen LogP contribution < -0.4 is 0 Å². The summed E-state index contributed by atoms with van der Waals surface area (Å²) in [5.74, 6) is 0.282. The van der Waals surface area contributed by atoms with Crippen molar-refractivity contribution >= 4 is 10.0 Å². The lowest BCUT2D eigenvalue weighted by molar-refractivity contribution is 0.268. The van der Waals surface area contributed by atoms with Crippen LogP contribution in [0.1, 0.15) is 18.9 Å². The molecule has 1 aliphatic rings. The van der Waals surface area contributed by atoms with Crippen molar-refractivity contribution in [3.8, 4) is 6.07 Å². The minimum absolute atomic E-state index is 0.282. The van der Waals surface area contributed by atoms with Crippen LogP contribution in [0.3, 0.4) is 0 Å². The first-order valence-electron chi connectivity index (χ1n) is 7.34. The van der Waals surface area contributed by atoms with E-state index in [-0.39, 0.29) is 10.8 Å². The Morgan fingerprint density at radius 2 is 2.18 bits per heavy atom. The second-order valence-corrected chi connectivity index (χ2v) is 7.16. The normalized spacial score (nSPS) is 19.8. The number of sulfonamides is 1. The molecular weight excluding hydrogens is 300 g/mol. The molecule has 1 unspecified atom stereocenters. The van der Waals surface area contributed by atoms with E-state index in [1.807, 2.05) is 30.3 Å². The van der Waals surface area contributed by atoms with Gasteiger partial charge in [0.2, 0.25) is 0 Å². The number of hydrogen-bond donors (Lipinski definition) is 0. The van der Waals surface area contributed by atoms with Gasteiger partial charge in [0.25, 0.3) is 10.0 Å². The number of rotatable bonds is 6. The topological polar surface area (TPSA) is 70.4 Å². The molecule has 1 aliphatic heterocycles. The van der Waals surface area contributed by atoms with Crippen LogP contribution in [0.4, 0.5) is 0 Å². The van der Waals surface area contributed by atoms with Gasteiger partial charge < -0.3 is 4.74 Å². The maximum atomic E-state index is 12.4. The lowest BCUT2D eigenvalue weighted by Gasteiger charge is -2.15. The molecule has 1 aromatic carbocycles. The summed E-state index contributed by atoms with van der Waals surface area (Å²) in [4.78, 5) is -0.324. The molecule has 0 aliphatic carbocycles. The Bertz CT molecular complexity index is 662. The van der Waals surface area contributed by atoms with Crippen LogP contribution in [0, 0.1) is 17.2 Å². The minimum atomic E-state index is -3.74. The number of nitriles is 1. The molecule has 6 heteroatoms. The van der Waals surface area contributed by atoms with Crippen LogP contribution in [0.5, 0.6) is 0 Å². The van der Waals surface area contributed by atoms with Crippen LogP contribution in [-0.2, 0) is 21.2 Å². The van der Waals surface area contributed by atoms with Crippen molar-refractivity contribution in [2.75, 3.05) is 19.7 Å². The van der Waals surface area contributed by atoms with Crippen LogP contribution in [0.2, 0.25) is 0 Å². The molecule has 1 heterocycles. The quantitative estimate of drug-likeness (QED) is 0.595. The van der Waals surface area contributed by atoms with Gasteiger partial charge in [0.05, 0.1) is 6.61 Å². The van der Waals surface area contributed by atoms with Crippen molar-refractivity contribution < 1.29 is 13.2 Å². The largest absolute Gasteiger partial charge is 0.499 e. The third-order valence-corrected chi connectivity index (χ3v) is 5.46. The monoisotopic (exact) mass is 320 g/mol. The van der Waals surface area contributed by atoms with Crippen LogP contribution >= 0.6 is 0 Å². The van der Waals surface area contributed by atoms with E-state index in [4.69, 9.17) is 10.00 Å². The van der Waals surface area contributed by atoms with E-state index in [1.165, 1.54) is 9.87 Å². The Morgan fingerprint density at radius 1 is 1.45 bits per heavy atom. The van der Waals surface area contributed by atoms with E-state index in [0.717, 1.165) is 19.1 Å². The van der Waals surface area contributed by atoms with Crippen molar-refractivity contribution in [3.05, 3.63) is 47.1 Å². The first kappa shape index (κ1) is 16.5. The highest BCUT2D eigenvalue weighted by molar-refractivity contribution is 7.93. The predicted molar refractivity (Wildman–Crippen MR) is 84.1 cm³/mol. The van der Waals surface area contributed by atoms with Crippen LogP contribution in [0.15, 0.2) is 41.5 Å². The molecular formula is C16H20N2O3S. The molecule has 0 amide bonds. The lowest BCUT2D eigenvalue weighted by atomic mass is 9.99. The van der Waals surface area contributed by atoms with Gasteiger partial charge in [0.1, 0.15) is 12.3 Å². The molecule has 0 aromatic heterocycles. The first-order valence-corrected chi connectivity index (χ1v) is 8.78. The summed E-state index contributed by atoms with van der Waals surface area (Å²) in [6.45, 7) is 2.97. The molecule has 0 saturated carbocycles. The third kappa shape index (κ3) is 3.87. The number of nitrogens with zero attached hydrogens (tertiary/aromatic N) is 2. The van der Waals surface area contributed by atoms with Gasteiger partial charge in [-0.3, -0.25) is 0 Å². The third-order valence-electron chi connectivity index (χ3n) is 3.70. The molecule has 0 radical (unpaired) electrons. The fraction of sp³-hybridized carbons (Fsp3) is 0.438. The summed E-state index contributed by atoms with van der Waals surface area (Å²) in [6, 6.07) is 11.8. The average molecular weight is 320 g/mol. The number of allylic oxidation sites excluding steroid dienone is 1. The van der Waals surface area contributed by atoms with E-state index in [1.54, 1.807) is 13.0 Å². The predicted octanol–water partition coefficient (Wildman–Crippen LogP) is 2.28. The van der Waals surface area contributed by atoms with Crippen molar-refractivity contribution in [2.45, 2.75) is 19.8 Å². The van der Waals surface area contributed by atoms with E-state index in [0.29, 0.717) is 19.7 Å². The van der Waals surface area contributed by atoms with Crippen LogP contribution in [-0.4, -0.2) is 32.4 Å². The van der Waals surface area contributed by atoms with Gasteiger partial charge in [0, 0.05) is 13.1 Å². The van der Waals surface area contributed by atoms with Gasteiger partial charge in [-0.1, -0.05) is 30.3 Å². The molecule has 5 nitrogen and oxygen atoms in total. The van der Waals surface area contributed by atoms with Crippen molar-refractivity contribution in [2.24, 2.45) is 5.92 Å². The molecule has 1 fully saturated rings. The Morgan fingerprint density at radius 3 is 2.82 bits per heavy atom. The van der Waals surface area contributed by atoms with Gasteiger partial charge >= 0.3 is 0 Å². The SMILES string of the molecule is CCO/C=C(\C#N)S(=O)(=O)N1CCC(Cc2ccccc2)C1. The standard InChI is InChI=1S/C16H20N2O3S/c1-2-21-13-16(11-17)22(19,20)18-9-8-15(12-18)10-14-6-4-3-5-7-14/h3-7,13,15H,2,8-10,12H2,1H3/b16-13+. The lowest BCUT2D eigenvalue weighted by Crippen LogP contribution is -2.30. The summed E-state index contributed by atoms with van der Waals surface area (Å²) in [6.07, 6.45) is 2.70. The number of hydrogen-bond acceptors (Lipinski definition) is 4. The number of benzene rings is 1. The zero-order valence-electron chi connectivity index (χ0n) is 12.6. The van der Waals surface area contributed by atoms with Gasteiger partial charge in [-0.2, -0.15) is 9.57 Å². The smallest absolute Gasteiger partial charge is 0.256 e. The van der Waals surface area contributed by atoms with Crippen molar-refractivity contribution in [1.29, 1.82) is 5.26 Å². The molecule has 2 rings (SSSR count). The highest BCUT2D eigenvalue weighted by Gasteiger charge is 2.34. The molecule has 0 bridgehead atoms. The summed E-state index contributed by atoms with van der Waals surface area (Å²) in [7, 11) is -3.74. The number of ether oxygens (including phenoxy) is 1. The highest BCUT2D eigenvalue weighted by Crippen LogP contribution is 2.26. The van der Waals surface area contributed by atoms with Gasteiger partial charge in [-0.25, -0.2) is 8.42 Å². The fourth-order valence-electron chi connectivity index (χ4n) is 2.57. The Kier molecular flexibility index (Phi) is 5.58. The summed E-state index contributed by atoms with van der Waals surface area (Å²) in [5, 5.41) is 9.05. The average Bonchev–Trinajstić information content (AvgIpc) is 2.98. The maximum absolute atomic E-state index is 12.4. The maximum Gasteiger partial charge on any atom is 0.256 e. The van der Waals surface area contributed by atoms with Gasteiger partial charge in [0.15, 0.2) is 4.91 Å². The fourth-order valence-corrected chi connectivity index (χ4v) is 3.91. The Hall–Kier alpha value is -1.84. The second-order valence-electron chi connectivity index (χ2n) is 5.26. The molecule has 118 valence electrons. The van der Waals surface area contributed by atoms with Gasteiger partial charge in [-0.05, 0) is 31.2 Å². The van der Waals surface area contributed by atoms with E-state index in [2.05, 4.69) is 0 Å². The van der Waals surface area contributed by atoms with Crippen molar-refractivity contribution in [3.63, 3.8) is 0 Å². The molecule has 0 N–H and O–H groups in total. The minimum Gasteiger partial charge on any atom is -0.499 e. The second kappa shape index (κ2) is 7.43. The first-order chi connectivity index (χ1) is 10.6. The zero-order chi connectivity index (χ0) is 16.0. The summed E-state index contributed by atoms with van der Waals surface area (Å²) in [5.41, 5.74) is 1.21. The van der Waals surface area contributed by atoms with Gasteiger partial charge in [-0.15, -0.1) is 0 Å². The molecule has 22 heavy (non-hydrogen) atoms. The summed E-state index contributed by atoms with van der Waals surface area (Å²) < 4.78 is 31.2. The van der Waals surface area contributed by atoms with Crippen LogP contribution in [0.25, 0.3) is 0 Å². The molecule has 1 saturated heterocycles. The molecule has 1 aromatic rings. The molecule has 1 atom stereocenters. The highest BCUT2D eigenvalue weighted by atomic mass is 32.2. The van der Waals surface area contributed by atoms with E-state index < -0.39 is 10.0 Å². The Labute approximate surface area is 131 Å². The van der Waals surface area contributed by atoms with E-state index in [9.17, 15) is 8.42 Å². The summed E-state index contributed by atoms with van der Waals surface area (Å²) >= 11 is 0. The van der Waals surface area contributed by atoms with Crippen molar-refractivity contribution in [1.82, 2.24) is 4.31 Å². The zero-order valence-corrected chi connectivity index (χ0v) is 13.4. The van der Waals surface area contributed by atoms with E-state index >= 15 is 0 Å².